The number of carboxylic acid groups (broad SMARTS) is 1. The zero-order chi connectivity index (χ0) is 18.5. The molecule has 0 aliphatic carbocycles. The number of benzene rings is 2. The Bertz CT molecular complexity index is 899. The van der Waals surface area contributed by atoms with E-state index in [0.29, 0.717) is 22.8 Å². The summed E-state index contributed by atoms with van der Waals surface area (Å²) in [6.45, 7) is -0.419. The topological polar surface area (TPSA) is 84.9 Å². The van der Waals surface area contributed by atoms with Crippen LogP contribution in [0, 0.1) is 0 Å². The Morgan fingerprint density at radius 2 is 1.92 bits per heavy atom. The Morgan fingerprint density at radius 1 is 1.15 bits per heavy atom. The van der Waals surface area contributed by atoms with Gasteiger partial charge in [-0.1, -0.05) is 42.5 Å². The highest BCUT2D eigenvalue weighted by Crippen LogP contribution is 2.30. The van der Waals surface area contributed by atoms with E-state index in [1.165, 1.54) is 7.11 Å². The van der Waals surface area contributed by atoms with Gasteiger partial charge in [-0.2, -0.15) is 0 Å². The van der Waals surface area contributed by atoms with Crippen LogP contribution in [0.3, 0.4) is 0 Å². The maximum absolute atomic E-state index is 12.4. The summed E-state index contributed by atoms with van der Waals surface area (Å²) < 4.78 is 10.6. The van der Waals surface area contributed by atoms with Crippen LogP contribution in [-0.4, -0.2) is 30.7 Å². The van der Waals surface area contributed by atoms with Crippen molar-refractivity contribution in [1.82, 2.24) is 5.32 Å². The van der Waals surface area contributed by atoms with Crippen LogP contribution in [0.2, 0.25) is 0 Å². The Kier molecular flexibility index (Phi) is 5.03. The normalized spacial score (nSPS) is 15.1. The highest BCUT2D eigenvalue weighted by molar-refractivity contribution is 6.24. The molecule has 0 saturated carbocycles. The largest absolute Gasteiger partial charge is 0.494 e. The van der Waals surface area contributed by atoms with Gasteiger partial charge >= 0.3 is 5.97 Å². The standard InChI is InChI=1S/C20H17NO5/c1-25-19-16(21-20(24)18(19)14-7-3-2-4-8-14)11-13-6-5-9-15(10-13)26-12-17(22)23/h2-11H,12H2,1H3,(H,21,24)(H,22,23)/b16-11-. The van der Waals surface area contributed by atoms with Gasteiger partial charge in [0.1, 0.15) is 5.75 Å². The molecule has 1 heterocycles. The molecule has 0 saturated heterocycles. The van der Waals surface area contributed by atoms with E-state index in [0.717, 1.165) is 11.1 Å². The van der Waals surface area contributed by atoms with Crippen molar-refractivity contribution in [1.29, 1.82) is 0 Å². The average Bonchev–Trinajstić information content (AvgIpc) is 2.96. The Hall–Kier alpha value is -3.54. The first-order chi connectivity index (χ1) is 12.6. The number of amides is 1. The quantitative estimate of drug-likeness (QED) is 0.836. The summed E-state index contributed by atoms with van der Waals surface area (Å²) in [4.78, 5) is 23.0. The number of methoxy groups -OCH3 is 1. The van der Waals surface area contributed by atoms with E-state index in [4.69, 9.17) is 14.6 Å². The number of carboxylic acids is 1. The van der Waals surface area contributed by atoms with Crippen LogP contribution >= 0.6 is 0 Å². The minimum atomic E-state index is -1.05. The Morgan fingerprint density at radius 3 is 2.62 bits per heavy atom. The molecule has 0 unspecified atom stereocenters. The van der Waals surface area contributed by atoms with Crippen molar-refractivity contribution >= 4 is 23.5 Å². The molecule has 26 heavy (non-hydrogen) atoms. The maximum Gasteiger partial charge on any atom is 0.341 e. The van der Waals surface area contributed by atoms with Gasteiger partial charge in [-0.25, -0.2) is 4.79 Å². The molecule has 132 valence electrons. The predicted octanol–water partition coefficient (Wildman–Crippen LogP) is 2.68. The molecular formula is C20H17NO5. The fraction of sp³-hybridized carbons (Fsp3) is 0.100. The number of ether oxygens (including phenoxy) is 2. The zero-order valence-corrected chi connectivity index (χ0v) is 14.1. The van der Waals surface area contributed by atoms with Gasteiger partial charge in [0.15, 0.2) is 12.4 Å². The molecule has 6 nitrogen and oxygen atoms in total. The van der Waals surface area contributed by atoms with E-state index >= 15 is 0 Å². The Balaban J connectivity index is 1.94. The predicted molar refractivity (Wildman–Crippen MR) is 96.1 cm³/mol. The second-order valence-corrected chi connectivity index (χ2v) is 5.54. The number of carbonyl (C=O) groups is 2. The lowest BCUT2D eigenvalue weighted by Gasteiger charge is -2.07. The van der Waals surface area contributed by atoms with E-state index in [2.05, 4.69) is 5.32 Å². The van der Waals surface area contributed by atoms with Gasteiger partial charge in [0, 0.05) is 0 Å². The van der Waals surface area contributed by atoms with Crippen LogP contribution in [-0.2, 0) is 14.3 Å². The maximum atomic E-state index is 12.4. The van der Waals surface area contributed by atoms with Gasteiger partial charge in [0.05, 0.1) is 18.4 Å². The van der Waals surface area contributed by atoms with Crippen LogP contribution in [0.25, 0.3) is 11.6 Å². The summed E-state index contributed by atoms with van der Waals surface area (Å²) in [6, 6.07) is 16.2. The number of hydrogen-bond acceptors (Lipinski definition) is 4. The smallest absolute Gasteiger partial charge is 0.341 e. The van der Waals surface area contributed by atoms with Crippen LogP contribution in [0.1, 0.15) is 11.1 Å². The van der Waals surface area contributed by atoms with Crippen LogP contribution in [0.4, 0.5) is 0 Å². The lowest BCUT2D eigenvalue weighted by Crippen LogP contribution is -2.16. The third-order valence-electron chi connectivity index (χ3n) is 3.74. The molecule has 0 radical (unpaired) electrons. The molecule has 0 spiro atoms. The second-order valence-electron chi connectivity index (χ2n) is 5.54. The van der Waals surface area contributed by atoms with Gasteiger partial charge in [0.25, 0.3) is 5.91 Å². The lowest BCUT2D eigenvalue weighted by molar-refractivity contribution is -0.139. The summed E-state index contributed by atoms with van der Waals surface area (Å²) in [5.74, 6) is -0.401. The first-order valence-corrected chi connectivity index (χ1v) is 7.90. The van der Waals surface area contributed by atoms with Crippen molar-refractivity contribution in [2.75, 3.05) is 13.7 Å². The van der Waals surface area contributed by atoms with Gasteiger partial charge in [0.2, 0.25) is 0 Å². The van der Waals surface area contributed by atoms with Crippen molar-refractivity contribution in [3.8, 4) is 5.75 Å². The SMILES string of the molecule is COC1=C(c2ccccc2)C(=O)N/C1=C\c1cccc(OCC(=O)O)c1. The number of aliphatic carboxylic acids is 1. The lowest BCUT2D eigenvalue weighted by atomic mass is 10.1. The first kappa shape index (κ1) is 17.3. The summed E-state index contributed by atoms with van der Waals surface area (Å²) in [5.41, 5.74) is 2.51. The second kappa shape index (κ2) is 7.57. The van der Waals surface area contributed by atoms with E-state index in [1.807, 2.05) is 36.4 Å². The molecule has 3 rings (SSSR count). The number of rotatable bonds is 6. The molecule has 1 aliphatic heterocycles. The summed E-state index contributed by atoms with van der Waals surface area (Å²) in [7, 11) is 1.51. The van der Waals surface area contributed by atoms with Crippen molar-refractivity contribution in [3.63, 3.8) is 0 Å². The van der Waals surface area contributed by atoms with Gasteiger partial charge in [-0.05, 0) is 29.3 Å². The molecule has 1 aliphatic rings. The minimum Gasteiger partial charge on any atom is -0.494 e. The van der Waals surface area contributed by atoms with Crippen molar-refractivity contribution in [3.05, 3.63) is 77.2 Å². The monoisotopic (exact) mass is 351 g/mol. The molecule has 2 N–H and O–H groups in total. The van der Waals surface area contributed by atoms with Gasteiger partial charge in [-0.3, -0.25) is 4.79 Å². The third kappa shape index (κ3) is 3.75. The third-order valence-corrected chi connectivity index (χ3v) is 3.74. The van der Waals surface area contributed by atoms with E-state index in [1.54, 1.807) is 24.3 Å². The molecule has 0 atom stereocenters. The van der Waals surface area contributed by atoms with E-state index in [-0.39, 0.29) is 5.91 Å². The number of hydrogen-bond donors (Lipinski definition) is 2. The van der Waals surface area contributed by atoms with Gasteiger partial charge in [-0.15, -0.1) is 0 Å². The Labute approximate surface area is 150 Å². The molecule has 0 bridgehead atoms. The van der Waals surface area contributed by atoms with Crippen LogP contribution < -0.4 is 10.1 Å². The van der Waals surface area contributed by atoms with E-state index < -0.39 is 12.6 Å². The number of nitrogens with one attached hydrogen (secondary N) is 1. The van der Waals surface area contributed by atoms with E-state index in [9.17, 15) is 9.59 Å². The molecule has 0 aromatic heterocycles. The molecule has 0 fully saturated rings. The minimum absolute atomic E-state index is 0.238. The van der Waals surface area contributed by atoms with Crippen molar-refractivity contribution in [2.45, 2.75) is 0 Å². The van der Waals surface area contributed by atoms with Crippen LogP contribution in [0.5, 0.6) is 5.75 Å². The summed E-state index contributed by atoms with van der Waals surface area (Å²) >= 11 is 0. The highest BCUT2D eigenvalue weighted by Gasteiger charge is 2.29. The summed E-state index contributed by atoms with van der Waals surface area (Å²) in [5, 5.41) is 11.5. The van der Waals surface area contributed by atoms with Crippen LogP contribution in [0.15, 0.2) is 66.1 Å². The van der Waals surface area contributed by atoms with Crippen molar-refractivity contribution < 1.29 is 24.2 Å². The van der Waals surface area contributed by atoms with Gasteiger partial charge < -0.3 is 19.9 Å². The molecule has 2 aromatic carbocycles. The van der Waals surface area contributed by atoms with Crippen molar-refractivity contribution in [2.24, 2.45) is 0 Å². The molecular weight excluding hydrogens is 334 g/mol. The molecule has 1 amide bonds. The fourth-order valence-corrected chi connectivity index (χ4v) is 2.67. The zero-order valence-electron chi connectivity index (χ0n) is 14.1. The number of carbonyl (C=O) groups excluding carboxylic acids is 1. The average molecular weight is 351 g/mol. The molecule has 6 heteroatoms. The fourth-order valence-electron chi connectivity index (χ4n) is 2.67. The summed E-state index contributed by atoms with van der Waals surface area (Å²) in [6.07, 6.45) is 1.75. The molecule has 2 aromatic rings. The first-order valence-electron chi connectivity index (χ1n) is 7.90. The highest BCUT2D eigenvalue weighted by atomic mass is 16.5.